The lowest BCUT2D eigenvalue weighted by Crippen LogP contribution is -1.97. The van der Waals surface area contributed by atoms with Crippen LogP contribution < -0.4 is 5.73 Å². The molecule has 3 nitrogen and oxygen atoms in total. The highest BCUT2D eigenvalue weighted by molar-refractivity contribution is 5.83. The van der Waals surface area contributed by atoms with Crippen LogP contribution in [0.3, 0.4) is 0 Å². The molecule has 2 heterocycles. The van der Waals surface area contributed by atoms with Crippen LogP contribution in [0.15, 0.2) is 24.5 Å². The lowest BCUT2D eigenvalue weighted by Gasteiger charge is -2.09. The predicted octanol–water partition coefficient (Wildman–Crippen LogP) is 2.34. The van der Waals surface area contributed by atoms with E-state index < -0.39 is 0 Å². The van der Waals surface area contributed by atoms with Crippen LogP contribution in [0.25, 0.3) is 10.9 Å². The highest BCUT2D eigenvalue weighted by atomic mass is 14.8. The molecular formula is C11H13N3. The van der Waals surface area contributed by atoms with Gasteiger partial charge in [0.15, 0.2) is 0 Å². The Hall–Kier alpha value is -1.64. The quantitative estimate of drug-likeness (QED) is 0.745. The van der Waals surface area contributed by atoms with Gasteiger partial charge in [-0.1, -0.05) is 13.8 Å². The van der Waals surface area contributed by atoms with E-state index in [1.54, 1.807) is 6.20 Å². The highest BCUT2D eigenvalue weighted by Gasteiger charge is 2.07. The standard InChI is InChI=1S/C11H13N3/c1-7(2)8-5-11(12)14-10-3-4-13-6-9(8)10/h3-7H,1-2H3,(H2,12,14). The summed E-state index contributed by atoms with van der Waals surface area (Å²) in [6.07, 6.45) is 3.58. The van der Waals surface area contributed by atoms with E-state index in [4.69, 9.17) is 5.73 Å². The molecule has 0 aliphatic rings. The Kier molecular flexibility index (Phi) is 2.08. The number of hydrogen-bond acceptors (Lipinski definition) is 3. The number of nitrogens with two attached hydrogens (primary N) is 1. The van der Waals surface area contributed by atoms with Crippen LogP contribution in [-0.4, -0.2) is 9.97 Å². The molecule has 72 valence electrons. The normalized spacial score (nSPS) is 11.1. The molecule has 2 N–H and O–H groups in total. The molecule has 0 bridgehead atoms. The fourth-order valence-electron chi connectivity index (χ4n) is 1.59. The minimum Gasteiger partial charge on any atom is -0.384 e. The SMILES string of the molecule is CC(C)c1cc(N)nc2ccncc12. The number of anilines is 1. The van der Waals surface area contributed by atoms with Crippen LogP contribution in [0.1, 0.15) is 25.3 Å². The van der Waals surface area contributed by atoms with Crippen LogP contribution in [0.5, 0.6) is 0 Å². The van der Waals surface area contributed by atoms with Gasteiger partial charge in [-0.3, -0.25) is 4.98 Å². The lowest BCUT2D eigenvalue weighted by atomic mass is 10.00. The second-order valence-corrected chi connectivity index (χ2v) is 3.68. The number of hydrogen-bond donors (Lipinski definition) is 1. The Morgan fingerprint density at radius 2 is 2.14 bits per heavy atom. The molecule has 0 saturated heterocycles. The Morgan fingerprint density at radius 1 is 1.36 bits per heavy atom. The Labute approximate surface area is 83.0 Å². The molecule has 2 aromatic rings. The predicted molar refractivity (Wildman–Crippen MR) is 58.0 cm³/mol. The summed E-state index contributed by atoms with van der Waals surface area (Å²) in [5.41, 5.74) is 7.86. The van der Waals surface area contributed by atoms with Crippen LogP contribution >= 0.6 is 0 Å². The summed E-state index contributed by atoms with van der Waals surface area (Å²) in [6, 6.07) is 3.81. The first kappa shape index (κ1) is 8.94. The summed E-state index contributed by atoms with van der Waals surface area (Å²) >= 11 is 0. The lowest BCUT2D eigenvalue weighted by molar-refractivity contribution is 0.874. The van der Waals surface area contributed by atoms with Crippen molar-refractivity contribution in [3.63, 3.8) is 0 Å². The summed E-state index contributed by atoms with van der Waals surface area (Å²) < 4.78 is 0. The van der Waals surface area contributed by atoms with Crippen molar-refractivity contribution in [1.29, 1.82) is 0 Å². The third-order valence-corrected chi connectivity index (χ3v) is 2.28. The van der Waals surface area contributed by atoms with Crippen molar-refractivity contribution in [3.8, 4) is 0 Å². The fraction of sp³-hybridized carbons (Fsp3) is 0.273. The van der Waals surface area contributed by atoms with Crippen LogP contribution in [-0.2, 0) is 0 Å². The third-order valence-electron chi connectivity index (χ3n) is 2.28. The molecule has 2 aromatic heterocycles. The van der Waals surface area contributed by atoms with Crippen LogP contribution in [0.4, 0.5) is 5.82 Å². The zero-order valence-corrected chi connectivity index (χ0v) is 8.36. The molecule has 0 spiro atoms. The number of fused-ring (bicyclic) bond motifs is 1. The van der Waals surface area contributed by atoms with Gasteiger partial charge in [0.2, 0.25) is 0 Å². The number of rotatable bonds is 1. The second kappa shape index (κ2) is 3.25. The smallest absolute Gasteiger partial charge is 0.124 e. The van der Waals surface area contributed by atoms with Crippen molar-refractivity contribution < 1.29 is 0 Å². The first-order valence-electron chi connectivity index (χ1n) is 4.68. The fourth-order valence-corrected chi connectivity index (χ4v) is 1.59. The topological polar surface area (TPSA) is 51.8 Å². The van der Waals surface area contributed by atoms with Crippen molar-refractivity contribution in [2.45, 2.75) is 19.8 Å². The largest absolute Gasteiger partial charge is 0.384 e. The van der Waals surface area contributed by atoms with E-state index in [2.05, 4.69) is 23.8 Å². The zero-order valence-electron chi connectivity index (χ0n) is 8.36. The first-order chi connectivity index (χ1) is 6.68. The van der Waals surface area contributed by atoms with Gasteiger partial charge < -0.3 is 5.73 Å². The maximum atomic E-state index is 5.73. The molecule has 0 unspecified atom stereocenters. The molecule has 0 fully saturated rings. The molecule has 0 saturated carbocycles. The highest BCUT2D eigenvalue weighted by Crippen LogP contribution is 2.24. The molecule has 0 radical (unpaired) electrons. The van der Waals surface area contributed by atoms with Gasteiger partial charge in [-0.2, -0.15) is 0 Å². The van der Waals surface area contributed by atoms with E-state index in [1.807, 2.05) is 18.3 Å². The van der Waals surface area contributed by atoms with Crippen molar-refractivity contribution in [3.05, 3.63) is 30.1 Å². The summed E-state index contributed by atoms with van der Waals surface area (Å²) in [7, 11) is 0. The number of nitrogens with zero attached hydrogens (tertiary/aromatic N) is 2. The van der Waals surface area contributed by atoms with Crippen molar-refractivity contribution in [1.82, 2.24) is 9.97 Å². The van der Waals surface area contributed by atoms with E-state index in [0.717, 1.165) is 10.9 Å². The molecule has 14 heavy (non-hydrogen) atoms. The zero-order chi connectivity index (χ0) is 10.1. The number of aromatic nitrogens is 2. The third kappa shape index (κ3) is 1.41. The molecule has 0 aliphatic carbocycles. The van der Waals surface area contributed by atoms with Gasteiger partial charge in [0, 0.05) is 17.8 Å². The van der Waals surface area contributed by atoms with E-state index in [9.17, 15) is 0 Å². The minimum atomic E-state index is 0.437. The summed E-state index contributed by atoms with van der Waals surface area (Å²) in [5.74, 6) is 1.01. The van der Waals surface area contributed by atoms with Gasteiger partial charge in [0.1, 0.15) is 5.82 Å². The molecular weight excluding hydrogens is 174 g/mol. The van der Waals surface area contributed by atoms with Gasteiger partial charge in [0.25, 0.3) is 0 Å². The van der Waals surface area contributed by atoms with Gasteiger partial charge >= 0.3 is 0 Å². The summed E-state index contributed by atoms with van der Waals surface area (Å²) in [4.78, 5) is 8.36. The second-order valence-electron chi connectivity index (χ2n) is 3.68. The van der Waals surface area contributed by atoms with Crippen molar-refractivity contribution in [2.75, 3.05) is 5.73 Å². The molecule has 2 rings (SSSR count). The first-order valence-corrected chi connectivity index (χ1v) is 4.68. The molecule has 0 atom stereocenters. The van der Waals surface area contributed by atoms with Crippen LogP contribution in [0, 0.1) is 0 Å². The Bertz CT molecular complexity index is 463. The van der Waals surface area contributed by atoms with Crippen LogP contribution in [0.2, 0.25) is 0 Å². The van der Waals surface area contributed by atoms with E-state index in [1.165, 1.54) is 5.56 Å². The van der Waals surface area contributed by atoms with Gasteiger partial charge in [0.05, 0.1) is 5.52 Å². The average molecular weight is 187 g/mol. The van der Waals surface area contributed by atoms with Gasteiger partial charge in [-0.05, 0) is 23.6 Å². The summed E-state index contributed by atoms with van der Waals surface area (Å²) in [6.45, 7) is 4.28. The van der Waals surface area contributed by atoms with E-state index in [0.29, 0.717) is 11.7 Å². The molecule has 0 amide bonds. The van der Waals surface area contributed by atoms with Crippen molar-refractivity contribution in [2.24, 2.45) is 0 Å². The number of nitrogen functional groups attached to an aromatic ring is 1. The summed E-state index contributed by atoms with van der Waals surface area (Å²) in [5, 5.41) is 1.09. The van der Waals surface area contributed by atoms with Gasteiger partial charge in [-0.25, -0.2) is 4.98 Å². The molecule has 3 heteroatoms. The maximum Gasteiger partial charge on any atom is 0.124 e. The van der Waals surface area contributed by atoms with E-state index in [-0.39, 0.29) is 0 Å². The Balaban J connectivity index is 2.80. The minimum absolute atomic E-state index is 0.437. The number of pyridine rings is 2. The maximum absolute atomic E-state index is 5.73. The average Bonchev–Trinajstić information content (AvgIpc) is 2.16. The van der Waals surface area contributed by atoms with Gasteiger partial charge in [-0.15, -0.1) is 0 Å². The Morgan fingerprint density at radius 3 is 2.86 bits per heavy atom. The van der Waals surface area contributed by atoms with Crippen molar-refractivity contribution >= 4 is 16.7 Å². The monoisotopic (exact) mass is 187 g/mol. The van der Waals surface area contributed by atoms with E-state index >= 15 is 0 Å². The molecule has 0 aliphatic heterocycles. The molecule has 0 aromatic carbocycles.